The van der Waals surface area contributed by atoms with Crippen molar-refractivity contribution in [3.63, 3.8) is 0 Å². The van der Waals surface area contributed by atoms with Gasteiger partial charge in [0.1, 0.15) is 12.2 Å². The Morgan fingerprint density at radius 2 is 1.88 bits per heavy atom. The molecule has 1 aliphatic rings. The smallest absolute Gasteiger partial charge is 0.112 e. The second-order valence-corrected chi connectivity index (χ2v) is 3.83. The van der Waals surface area contributed by atoms with Crippen LogP contribution in [0.15, 0.2) is 0 Å². The molecule has 5 atom stereocenters. The zero-order valence-corrected chi connectivity index (χ0v) is 9.15. The van der Waals surface area contributed by atoms with Crippen molar-refractivity contribution in [2.24, 2.45) is 11.8 Å². The van der Waals surface area contributed by atoms with Crippen molar-refractivity contribution in [2.45, 2.75) is 24.4 Å². The summed E-state index contributed by atoms with van der Waals surface area (Å²) in [4.78, 5) is 4.38. The molecule has 1 saturated heterocycles. The molecule has 0 bridgehead atoms. The highest BCUT2D eigenvalue weighted by Crippen LogP contribution is 2.26. The third-order valence-corrected chi connectivity index (χ3v) is 2.80. The molecule has 0 radical (unpaired) electrons. The van der Waals surface area contributed by atoms with E-state index < -0.39 is 30.3 Å². The third-order valence-electron chi connectivity index (χ3n) is 2.80. The number of rotatable bonds is 5. The molecule has 0 aromatic rings. The summed E-state index contributed by atoms with van der Waals surface area (Å²) >= 11 is 0. The minimum Gasteiger partial charge on any atom is -0.394 e. The van der Waals surface area contributed by atoms with Gasteiger partial charge in [-0.25, -0.2) is 5.90 Å². The highest BCUT2D eigenvalue weighted by atomic mass is 16.6. The summed E-state index contributed by atoms with van der Waals surface area (Å²) < 4.78 is 10.3. The Labute approximate surface area is 93.7 Å². The van der Waals surface area contributed by atoms with Crippen molar-refractivity contribution in [2.75, 3.05) is 26.9 Å². The van der Waals surface area contributed by atoms with Crippen LogP contribution in [0.5, 0.6) is 0 Å². The van der Waals surface area contributed by atoms with Crippen molar-refractivity contribution in [1.82, 2.24) is 0 Å². The molecule has 0 saturated carbocycles. The Morgan fingerprint density at radius 1 is 1.19 bits per heavy atom. The summed E-state index contributed by atoms with van der Waals surface area (Å²) in [5, 5.41) is 28.7. The van der Waals surface area contributed by atoms with E-state index in [1.165, 1.54) is 7.11 Å². The minimum absolute atomic E-state index is 0.0472. The molecule has 16 heavy (non-hydrogen) atoms. The first kappa shape index (κ1) is 13.8. The molecular weight excluding hydrogens is 218 g/mol. The maximum absolute atomic E-state index is 9.85. The maximum atomic E-state index is 9.85. The van der Waals surface area contributed by atoms with Crippen LogP contribution in [-0.4, -0.2) is 66.7 Å². The summed E-state index contributed by atoms with van der Waals surface area (Å²) in [5.41, 5.74) is 0. The molecule has 1 fully saturated rings. The molecule has 1 rings (SSSR count). The van der Waals surface area contributed by atoms with Crippen molar-refractivity contribution in [3.8, 4) is 0 Å². The van der Waals surface area contributed by atoms with E-state index in [4.69, 9.17) is 20.5 Å². The minimum atomic E-state index is -1.11. The van der Waals surface area contributed by atoms with E-state index in [1.54, 1.807) is 0 Å². The molecule has 0 aromatic heterocycles. The van der Waals surface area contributed by atoms with Gasteiger partial charge in [0, 0.05) is 13.0 Å². The van der Waals surface area contributed by atoms with Crippen LogP contribution in [0, 0.1) is 5.92 Å². The quantitative estimate of drug-likeness (QED) is 0.395. The van der Waals surface area contributed by atoms with Crippen LogP contribution in [0.3, 0.4) is 0 Å². The highest BCUT2D eigenvalue weighted by Gasteiger charge is 2.44. The molecular formula is C9H19NO6. The molecule has 0 aliphatic carbocycles. The second-order valence-electron chi connectivity index (χ2n) is 3.83. The number of hydrogen-bond acceptors (Lipinski definition) is 7. The Balaban J connectivity index is 2.68. The van der Waals surface area contributed by atoms with Crippen LogP contribution in [-0.2, 0) is 14.3 Å². The number of nitrogens with two attached hydrogens (primary N) is 1. The van der Waals surface area contributed by atoms with Crippen LogP contribution >= 0.6 is 0 Å². The Kier molecular flexibility index (Phi) is 5.56. The van der Waals surface area contributed by atoms with E-state index in [-0.39, 0.29) is 19.8 Å². The van der Waals surface area contributed by atoms with Gasteiger partial charge in [-0.1, -0.05) is 0 Å². The van der Waals surface area contributed by atoms with Gasteiger partial charge in [0.15, 0.2) is 0 Å². The number of aliphatic hydroxyl groups is 3. The maximum Gasteiger partial charge on any atom is 0.112 e. The van der Waals surface area contributed by atoms with Crippen LogP contribution < -0.4 is 5.90 Å². The molecule has 7 nitrogen and oxygen atoms in total. The number of hydrogen-bond donors (Lipinski definition) is 4. The lowest BCUT2D eigenvalue weighted by molar-refractivity contribution is -0.227. The van der Waals surface area contributed by atoms with Crippen molar-refractivity contribution in [1.29, 1.82) is 0 Å². The van der Waals surface area contributed by atoms with Gasteiger partial charge in [-0.3, -0.25) is 0 Å². The molecule has 0 spiro atoms. The van der Waals surface area contributed by atoms with Gasteiger partial charge in [-0.05, 0) is 0 Å². The lowest BCUT2D eigenvalue weighted by atomic mass is 9.87. The van der Waals surface area contributed by atoms with Gasteiger partial charge in [0.05, 0.1) is 32.0 Å². The van der Waals surface area contributed by atoms with Gasteiger partial charge in [-0.15, -0.1) is 0 Å². The molecule has 1 heterocycles. The number of aliphatic hydroxyl groups excluding tert-OH is 3. The van der Waals surface area contributed by atoms with Gasteiger partial charge in [0.25, 0.3) is 0 Å². The van der Waals surface area contributed by atoms with Gasteiger partial charge < -0.3 is 29.6 Å². The van der Waals surface area contributed by atoms with E-state index in [1.807, 2.05) is 0 Å². The van der Waals surface area contributed by atoms with Crippen molar-refractivity contribution < 1.29 is 29.6 Å². The first-order chi connectivity index (χ1) is 7.65. The summed E-state index contributed by atoms with van der Waals surface area (Å²) in [6.07, 6.45) is -3.48. The second kappa shape index (κ2) is 6.45. The fourth-order valence-corrected chi connectivity index (χ4v) is 1.91. The first-order valence-electron chi connectivity index (χ1n) is 5.08. The average molecular weight is 237 g/mol. The molecule has 0 aromatic carbocycles. The van der Waals surface area contributed by atoms with E-state index in [0.717, 1.165) is 0 Å². The predicted octanol–water partition coefficient (Wildman–Crippen LogP) is -2.38. The Bertz CT molecular complexity index is 202. The highest BCUT2D eigenvalue weighted by molar-refractivity contribution is 4.91. The van der Waals surface area contributed by atoms with Crippen LogP contribution in [0.2, 0.25) is 0 Å². The van der Waals surface area contributed by atoms with Crippen LogP contribution in [0.4, 0.5) is 0 Å². The van der Waals surface area contributed by atoms with Gasteiger partial charge in [0.2, 0.25) is 0 Å². The summed E-state index contributed by atoms with van der Waals surface area (Å²) in [7, 11) is 1.47. The van der Waals surface area contributed by atoms with Gasteiger partial charge in [-0.2, -0.15) is 0 Å². The monoisotopic (exact) mass is 237 g/mol. The topological polar surface area (TPSA) is 114 Å². The van der Waals surface area contributed by atoms with E-state index in [9.17, 15) is 10.2 Å². The largest absolute Gasteiger partial charge is 0.394 e. The predicted molar refractivity (Wildman–Crippen MR) is 53.3 cm³/mol. The number of methoxy groups -OCH3 is 1. The fraction of sp³-hybridized carbons (Fsp3) is 1.00. The molecule has 0 amide bonds. The zero-order valence-electron chi connectivity index (χ0n) is 9.15. The molecule has 96 valence electrons. The summed E-state index contributed by atoms with van der Waals surface area (Å²) in [6.45, 7) is -0.118. The normalized spacial score (nSPS) is 39.9. The first-order valence-corrected chi connectivity index (χ1v) is 5.08. The third kappa shape index (κ3) is 2.89. The van der Waals surface area contributed by atoms with Gasteiger partial charge >= 0.3 is 0 Å². The van der Waals surface area contributed by atoms with Crippen LogP contribution in [0.1, 0.15) is 0 Å². The Morgan fingerprint density at radius 3 is 2.38 bits per heavy atom. The zero-order chi connectivity index (χ0) is 12.1. The molecule has 1 aliphatic heterocycles. The van der Waals surface area contributed by atoms with E-state index in [2.05, 4.69) is 4.84 Å². The average Bonchev–Trinajstić information content (AvgIpc) is 2.29. The Hall–Kier alpha value is -0.280. The summed E-state index contributed by atoms with van der Waals surface area (Å²) in [6, 6.07) is 0. The molecule has 5 N–H and O–H groups in total. The van der Waals surface area contributed by atoms with E-state index >= 15 is 0 Å². The lowest BCUT2D eigenvalue weighted by Gasteiger charge is -2.41. The SMILES string of the molecule is COCC1C(CO)OC(CON)C(O)C1O. The van der Waals surface area contributed by atoms with Crippen molar-refractivity contribution >= 4 is 0 Å². The van der Waals surface area contributed by atoms with Crippen molar-refractivity contribution in [3.05, 3.63) is 0 Å². The van der Waals surface area contributed by atoms with Crippen LogP contribution in [0.25, 0.3) is 0 Å². The summed E-state index contributed by atoms with van der Waals surface area (Å²) in [5.74, 6) is 4.41. The fourth-order valence-electron chi connectivity index (χ4n) is 1.91. The lowest BCUT2D eigenvalue weighted by Crippen LogP contribution is -2.58. The standard InChI is InChI=1S/C9H19NO6/c1-14-3-5-6(2-11)16-7(4-15-10)9(13)8(5)12/h5-9,11-13H,2-4,10H2,1H3. The molecule has 7 heteroatoms. The molecule has 5 unspecified atom stereocenters. The van der Waals surface area contributed by atoms with E-state index in [0.29, 0.717) is 0 Å². The number of ether oxygens (including phenoxy) is 2.